The van der Waals surface area contributed by atoms with Crippen LogP contribution in [0.5, 0.6) is 5.75 Å². The van der Waals surface area contributed by atoms with Gasteiger partial charge in [0.2, 0.25) is 0 Å². The lowest BCUT2D eigenvalue weighted by molar-refractivity contribution is 0.157. The summed E-state index contributed by atoms with van der Waals surface area (Å²) in [5.74, 6) is 0.915. The minimum absolute atomic E-state index is 0.239. The van der Waals surface area contributed by atoms with Crippen molar-refractivity contribution >= 4 is 23.1 Å². The van der Waals surface area contributed by atoms with Crippen LogP contribution in [-0.4, -0.2) is 24.5 Å². The minimum atomic E-state index is -0.393. The highest BCUT2D eigenvalue weighted by Gasteiger charge is 2.13. The third-order valence-corrected chi connectivity index (χ3v) is 5.30. The number of aliphatic hydroxyl groups excluding tert-OH is 1. The molecule has 5 heteroatoms. The van der Waals surface area contributed by atoms with Crippen LogP contribution >= 0.6 is 23.1 Å². The van der Waals surface area contributed by atoms with Crippen LogP contribution in [0.4, 0.5) is 0 Å². The summed E-state index contributed by atoms with van der Waals surface area (Å²) in [5, 5.41) is 15.6. The summed E-state index contributed by atoms with van der Waals surface area (Å²) >= 11 is 3.28. The van der Waals surface area contributed by atoms with Crippen LogP contribution in [0, 0.1) is 0 Å². The number of rotatable bonds is 8. The first-order chi connectivity index (χ1) is 10.6. The smallest absolute Gasteiger partial charge is 0.132 e. The fourth-order valence-corrected chi connectivity index (χ4v) is 3.57. The van der Waals surface area contributed by atoms with Crippen molar-refractivity contribution in [3.05, 3.63) is 46.2 Å². The van der Waals surface area contributed by atoms with E-state index in [2.05, 4.69) is 30.4 Å². The normalized spacial score (nSPS) is 13.8. The Kier molecular flexibility index (Phi) is 6.76. The van der Waals surface area contributed by atoms with Crippen molar-refractivity contribution in [1.82, 2.24) is 5.32 Å². The van der Waals surface area contributed by atoms with Crippen LogP contribution < -0.4 is 10.1 Å². The van der Waals surface area contributed by atoms with Crippen molar-refractivity contribution < 1.29 is 9.84 Å². The second-order valence-electron chi connectivity index (χ2n) is 5.24. The average Bonchev–Trinajstić information content (AvgIpc) is 3.07. The van der Waals surface area contributed by atoms with E-state index in [1.807, 2.05) is 23.8 Å². The molecule has 0 spiro atoms. The van der Waals surface area contributed by atoms with Crippen molar-refractivity contribution in [2.24, 2.45) is 0 Å². The molecular weight excluding hydrogens is 314 g/mol. The van der Waals surface area contributed by atoms with Gasteiger partial charge in [0.05, 0.1) is 13.2 Å². The van der Waals surface area contributed by atoms with Gasteiger partial charge in [-0.15, -0.1) is 23.1 Å². The summed E-state index contributed by atoms with van der Waals surface area (Å²) in [5.41, 5.74) is 1.19. The Morgan fingerprint density at radius 2 is 2.18 bits per heavy atom. The molecule has 0 aliphatic carbocycles. The number of thiophene rings is 1. The van der Waals surface area contributed by atoms with Crippen molar-refractivity contribution in [2.45, 2.75) is 36.9 Å². The van der Waals surface area contributed by atoms with E-state index in [4.69, 9.17) is 4.74 Å². The van der Waals surface area contributed by atoms with Gasteiger partial charge in [0.15, 0.2) is 0 Å². The number of nitrogens with one attached hydrogen (secondary N) is 1. The van der Waals surface area contributed by atoms with Gasteiger partial charge in [0.25, 0.3) is 0 Å². The Morgan fingerprint density at radius 3 is 2.82 bits per heavy atom. The van der Waals surface area contributed by atoms with Crippen molar-refractivity contribution in [3.63, 3.8) is 0 Å². The second-order valence-corrected chi connectivity index (χ2v) is 7.07. The average molecular weight is 338 g/mol. The molecule has 0 fully saturated rings. The molecule has 0 aliphatic rings. The van der Waals surface area contributed by atoms with E-state index in [-0.39, 0.29) is 6.04 Å². The van der Waals surface area contributed by atoms with Gasteiger partial charge in [0.1, 0.15) is 5.75 Å². The Morgan fingerprint density at radius 1 is 1.36 bits per heavy atom. The fourth-order valence-electron chi connectivity index (χ4n) is 2.30. The molecule has 1 aromatic carbocycles. The van der Waals surface area contributed by atoms with Gasteiger partial charge >= 0.3 is 0 Å². The molecular formula is C17H23NO2S2. The topological polar surface area (TPSA) is 41.5 Å². The molecule has 0 amide bonds. The molecule has 0 aliphatic heterocycles. The standard InChI is InChI=1S/C17H23NO2S2/c1-12(9-14(19)16-5-4-8-22-16)18-11-13-6-7-17(21-3)15(10-13)20-2/h4-8,10,12,14,18-19H,9,11H2,1-3H3. The monoisotopic (exact) mass is 337 g/mol. The van der Waals surface area contributed by atoms with Gasteiger partial charge in [0, 0.05) is 22.4 Å². The molecule has 3 nitrogen and oxygen atoms in total. The first-order valence-corrected chi connectivity index (χ1v) is 9.40. The van der Waals surface area contributed by atoms with Crippen LogP contribution in [0.3, 0.4) is 0 Å². The van der Waals surface area contributed by atoms with Gasteiger partial charge in [-0.05, 0) is 48.7 Å². The summed E-state index contributed by atoms with van der Waals surface area (Å²) in [6.07, 6.45) is 2.36. The molecule has 0 saturated carbocycles. The Balaban J connectivity index is 1.87. The predicted octanol–water partition coefficient (Wildman–Crippen LogP) is 4.08. The minimum Gasteiger partial charge on any atom is -0.496 e. The van der Waals surface area contributed by atoms with Gasteiger partial charge in [-0.3, -0.25) is 0 Å². The highest BCUT2D eigenvalue weighted by molar-refractivity contribution is 7.98. The quantitative estimate of drug-likeness (QED) is 0.712. The second kappa shape index (κ2) is 8.58. The maximum absolute atomic E-state index is 10.2. The van der Waals surface area contributed by atoms with Crippen LogP contribution in [-0.2, 0) is 6.54 Å². The summed E-state index contributed by atoms with van der Waals surface area (Å²) < 4.78 is 5.41. The lowest BCUT2D eigenvalue weighted by Crippen LogP contribution is -2.27. The lowest BCUT2D eigenvalue weighted by atomic mass is 10.1. The van der Waals surface area contributed by atoms with Gasteiger partial charge in [-0.25, -0.2) is 0 Å². The summed E-state index contributed by atoms with van der Waals surface area (Å²) in [6.45, 7) is 2.87. The Bertz CT molecular complexity index is 572. The van der Waals surface area contributed by atoms with E-state index < -0.39 is 6.10 Å². The van der Waals surface area contributed by atoms with E-state index >= 15 is 0 Å². The maximum atomic E-state index is 10.2. The summed E-state index contributed by atoms with van der Waals surface area (Å²) in [7, 11) is 1.70. The zero-order valence-corrected chi connectivity index (χ0v) is 14.8. The first-order valence-electron chi connectivity index (χ1n) is 7.29. The third-order valence-electron chi connectivity index (χ3n) is 3.55. The molecule has 0 radical (unpaired) electrons. The van der Waals surface area contributed by atoms with E-state index in [1.165, 1.54) is 5.56 Å². The van der Waals surface area contributed by atoms with Gasteiger partial charge < -0.3 is 15.2 Å². The van der Waals surface area contributed by atoms with Crippen molar-refractivity contribution in [1.29, 1.82) is 0 Å². The zero-order chi connectivity index (χ0) is 15.9. The highest BCUT2D eigenvalue weighted by Crippen LogP contribution is 2.28. The van der Waals surface area contributed by atoms with Gasteiger partial charge in [-0.2, -0.15) is 0 Å². The molecule has 2 atom stereocenters. The Labute approximate surface area is 140 Å². The van der Waals surface area contributed by atoms with E-state index in [1.54, 1.807) is 30.2 Å². The van der Waals surface area contributed by atoms with Crippen LogP contribution in [0.1, 0.15) is 29.9 Å². The van der Waals surface area contributed by atoms with Crippen LogP contribution in [0.25, 0.3) is 0 Å². The molecule has 0 bridgehead atoms. The number of methoxy groups -OCH3 is 1. The van der Waals surface area contributed by atoms with Gasteiger partial charge in [-0.1, -0.05) is 12.1 Å². The number of thioether (sulfide) groups is 1. The number of benzene rings is 1. The fraction of sp³-hybridized carbons (Fsp3) is 0.412. The van der Waals surface area contributed by atoms with Crippen molar-refractivity contribution in [2.75, 3.05) is 13.4 Å². The van der Waals surface area contributed by atoms with E-state index in [0.717, 1.165) is 22.1 Å². The van der Waals surface area contributed by atoms with Crippen molar-refractivity contribution in [3.8, 4) is 5.75 Å². The molecule has 2 N–H and O–H groups in total. The zero-order valence-electron chi connectivity index (χ0n) is 13.2. The SMILES string of the molecule is COc1cc(CNC(C)CC(O)c2cccs2)ccc1SC. The number of hydrogen-bond donors (Lipinski definition) is 2. The first kappa shape index (κ1) is 17.3. The molecule has 2 aromatic rings. The molecule has 2 rings (SSSR count). The molecule has 22 heavy (non-hydrogen) atoms. The molecule has 1 aromatic heterocycles. The summed E-state index contributed by atoms with van der Waals surface area (Å²) in [4.78, 5) is 2.17. The molecule has 2 unspecified atom stereocenters. The lowest BCUT2D eigenvalue weighted by Gasteiger charge is -2.17. The predicted molar refractivity (Wildman–Crippen MR) is 95.0 cm³/mol. The van der Waals surface area contributed by atoms with E-state index in [0.29, 0.717) is 6.42 Å². The largest absolute Gasteiger partial charge is 0.496 e. The van der Waals surface area contributed by atoms with Crippen LogP contribution in [0.15, 0.2) is 40.6 Å². The van der Waals surface area contributed by atoms with E-state index in [9.17, 15) is 5.11 Å². The number of hydrogen-bond acceptors (Lipinski definition) is 5. The van der Waals surface area contributed by atoms with Crippen LogP contribution in [0.2, 0.25) is 0 Å². The molecule has 120 valence electrons. The number of aliphatic hydroxyl groups is 1. The highest BCUT2D eigenvalue weighted by atomic mass is 32.2. The number of ether oxygens (including phenoxy) is 1. The Hall–Kier alpha value is -1.01. The molecule has 0 saturated heterocycles. The maximum Gasteiger partial charge on any atom is 0.132 e. The molecule has 1 heterocycles. The third kappa shape index (κ3) is 4.74. The summed E-state index contributed by atoms with van der Waals surface area (Å²) in [6, 6.07) is 10.5.